The highest BCUT2D eigenvalue weighted by Gasteiger charge is 2.34. The van der Waals surface area contributed by atoms with Crippen LogP contribution in [0.5, 0.6) is 0 Å². The zero-order valence-corrected chi connectivity index (χ0v) is 15.3. The second kappa shape index (κ2) is 7.15. The van der Waals surface area contributed by atoms with Gasteiger partial charge >= 0.3 is 0 Å². The van der Waals surface area contributed by atoms with Gasteiger partial charge in [-0.05, 0) is 37.5 Å². The molecule has 9 heteroatoms. The topological polar surface area (TPSA) is 95.2 Å². The smallest absolute Gasteiger partial charge is 0.260 e. The van der Waals surface area contributed by atoms with Gasteiger partial charge in [-0.15, -0.1) is 0 Å². The zero-order valence-electron chi connectivity index (χ0n) is 13.7. The number of benzene rings is 1. The lowest BCUT2D eigenvalue weighted by Gasteiger charge is -2.30. The number of nitrogens with one attached hydrogen (secondary N) is 2. The van der Waals surface area contributed by atoms with Crippen LogP contribution in [0.2, 0.25) is 5.02 Å². The lowest BCUT2D eigenvalue weighted by Crippen LogP contribution is -2.43. The van der Waals surface area contributed by atoms with Gasteiger partial charge in [0.25, 0.3) is 10.0 Å². The largest absolute Gasteiger partial charge is 0.335 e. The van der Waals surface area contributed by atoms with E-state index in [1.165, 1.54) is 16.8 Å². The van der Waals surface area contributed by atoms with Crippen molar-refractivity contribution in [2.75, 3.05) is 18.4 Å². The van der Waals surface area contributed by atoms with Crippen molar-refractivity contribution < 1.29 is 13.2 Å². The number of hydrogen-bond donors (Lipinski definition) is 2. The monoisotopic (exact) mass is 382 g/mol. The van der Waals surface area contributed by atoms with E-state index in [0.717, 1.165) is 5.56 Å². The highest BCUT2D eigenvalue weighted by molar-refractivity contribution is 7.89. The molecule has 1 aliphatic heterocycles. The normalized spacial score (nSPS) is 18.9. The fourth-order valence-electron chi connectivity index (χ4n) is 2.85. The molecule has 3 rings (SSSR count). The Kier molecular flexibility index (Phi) is 5.12. The minimum absolute atomic E-state index is 0.0372. The Morgan fingerprint density at radius 1 is 1.44 bits per heavy atom. The summed E-state index contributed by atoms with van der Waals surface area (Å²) in [4.78, 5) is 18.9. The SMILES string of the molecule is Cc1ccc(NC(=O)C2CCCN(S(=O)(=O)c3cnc[nH]3)C2)c(Cl)c1. The van der Waals surface area contributed by atoms with E-state index in [4.69, 9.17) is 11.6 Å². The summed E-state index contributed by atoms with van der Waals surface area (Å²) in [5.74, 6) is -0.654. The number of aryl methyl sites for hydroxylation is 1. The number of halogens is 1. The molecule has 7 nitrogen and oxygen atoms in total. The van der Waals surface area contributed by atoms with Crippen LogP contribution >= 0.6 is 11.6 Å². The molecule has 1 atom stereocenters. The molecule has 0 aliphatic carbocycles. The number of H-pyrrole nitrogens is 1. The second-order valence-corrected chi connectivity index (χ2v) is 8.40. The molecular weight excluding hydrogens is 364 g/mol. The van der Waals surface area contributed by atoms with E-state index in [2.05, 4.69) is 15.3 Å². The van der Waals surface area contributed by atoms with Crippen LogP contribution in [-0.2, 0) is 14.8 Å². The standard InChI is InChI=1S/C16H19ClN4O3S/c1-11-4-5-14(13(17)7-11)20-16(22)12-3-2-6-21(9-12)25(23,24)15-8-18-10-19-15/h4-5,7-8,10,12H,2-3,6,9H2,1H3,(H,18,19)(H,20,22). The van der Waals surface area contributed by atoms with Crippen molar-refractivity contribution in [2.24, 2.45) is 5.92 Å². The molecule has 1 unspecified atom stereocenters. The van der Waals surface area contributed by atoms with Gasteiger partial charge in [0, 0.05) is 13.1 Å². The van der Waals surface area contributed by atoms with Crippen molar-refractivity contribution in [3.8, 4) is 0 Å². The number of imidazole rings is 1. The van der Waals surface area contributed by atoms with E-state index in [0.29, 0.717) is 30.1 Å². The Labute approximate surface area is 151 Å². The fraction of sp³-hybridized carbons (Fsp3) is 0.375. The van der Waals surface area contributed by atoms with Crippen molar-refractivity contribution in [3.05, 3.63) is 41.3 Å². The number of rotatable bonds is 4. The first-order chi connectivity index (χ1) is 11.9. The highest BCUT2D eigenvalue weighted by atomic mass is 35.5. The molecule has 0 bridgehead atoms. The lowest BCUT2D eigenvalue weighted by molar-refractivity contribution is -0.120. The summed E-state index contributed by atoms with van der Waals surface area (Å²) in [7, 11) is -3.66. The van der Waals surface area contributed by atoms with E-state index in [1.807, 2.05) is 13.0 Å². The molecule has 1 aliphatic rings. The van der Waals surface area contributed by atoms with Crippen LogP contribution in [0.15, 0.2) is 35.7 Å². The number of hydrogen-bond acceptors (Lipinski definition) is 4. The Morgan fingerprint density at radius 2 is 2.24 bits per heavy atom. The van der Waals surface area contributed by atoms with E-state index >= 15 is 0 Å². The lowest BCUT2D eigenvalue weighted by atomic mass is 9.98. The Morgan fingerprint density at radius 3 is 2.92 bits per heavy atom. The maximum atomic E-state index is 12.6. The van der Waals surface area contributed by atoms with Gasteiger partial charge in [0.15, 0.2) is 5.03 Å². The molecule has 1 fully saturated rings. The van der Waals surface area contributed by atoms with Gasteiger partial charge in [-0.25, -0.2) is 13.4 Å². The molecule has 0 saturated carbocycles. The summed E-state index contributed by atoms with van der Waals surface area (Å²) >= 11 is 6.15. The van der Waals surface area contributed by atoms with E-state index in [-0.39, 0.29) is 17.5 Å². The first-order valence-electron chi connectivity index (χ1n) is 7.93. The number of nitrogens with zero attached hydrogens (tertiary/aromatic N) is 2. The summed E-state index contributed by atoms with van der Waals surface area (Å²) in [5, 5.41) is 3.30. The van der Waals surface area contributed by atoms with Crippen molar-refractivity contribution in [1.82, 2.24) is 14.3 Å². The zero-order chi connectivity index (χ0) is 18.0. The van der Waals surface area contributed by atoms with Crippen LogP contribution in [0.25, 0.3) is 0 Å². The molecule has 2 N–H and O–H groups in total. The maximum absolute atomic E-state index is 12.6. The van der Waals surface area contributed by atoms with E-state index in [9.17, 15) is 13.2 Å². The van der Waals surface area contributed by atoms with Gasteiger partial charge in [-0.3, -0.25) is 4.79 Å². The van der Waals surface area contributed by atoms with E-state index < -0.39 is 15.9 Å². The molecule has 1 aromatic carbocycles. The molecule has 1 aromatic heterocycles. The Hall–Kier alpha value is -1.90. The Bertz CT molecular complexity index is 868. The quantitative estimate of drug-likeness (QED) is 0.848. The van der Waals surface area contributed by atoms with Crippen molar-refractivity contribution in [2.45, 2.75) is 24.8 Å². The summed E-state index contributed by atoms with van der Waals surface area (Å²) < 4.78 is 26.5. The van der Waals surface area contributed by atoms with Crippen molar-refractivity contribution in [1.29, 1.82) is 0 Å². The van der Waals surface area contributed by atoms with Gasteiger partial charge in [-0.1, -0.05) is 17.7 Å². The summed E-state index contributed by atoms with van der Waals surface area (Å²) in [6.45, 7) is 2.43. The van der Waals surface area contributed by atoms with Gasteiger partial charge < -0.3 is 10.3 Å². The van der Waals surface area contributed by atoms with Crippen LogP contribution < -0.4 is 5.32 Å². The second-order valence-electron chi connectivity index (χ2n) is 6.09. The number of anilines is 1. The molecular formula is C16H19ClN4O3S. The van der Waals surface area contributed by atoms with Gasteiger partial charge in [-0.2, -0.15) is 4.31 Å². The molecule has 0 spiro atoms. The Balaban J connectivity index is 1.72. The third-order valence-electron chi connectivity index (χ3n) is 4.23. The predicted octanol–water partition coefficient (Wildman–Crippen LogP) is 2.41. The first kappa shape index (κ1) is 17.9. The van der Waals surface area contributed by atoms with Crippen LogP contribution in [0.4, 0.5) is 5.69 Å². The average molecular weight is 383 g/mol. The molecule has 1 saturated heterocycles. The van der Waals surface area contributed by atoms with Crippen LogP contribution in [0, 0.1) is 12.8 Å². The molecule has 25 heavy (non-hydrogen) atoms. The fourth-order valence-corrected chi connectivity index (χ4v) is 4.56. The van der Waals surface area contributed by atoms with E-state index in [1.54, 1.807) is 12.1 Å². The van der Waals surface area contributed by atoms with Crippen LogP contribution in [0.1, 0.15) is 18.4 Å². The number of carbonyl (C=O) groups is 1. The molecule has 134 valence electrons. The summed E-state index contributed by atoms with van der Waals surface area (Å²) in [6.07, 6.45) is 3.84. The van der Waals surface area contributed by atoms with Gasteiger partial charge in [0.2, 0.25) is 5.91 Å². The summed E-state index contributed by atoms with van der Waals surface area (Å²) in [6, 6.07) is 5.38. The third kappa shape index (κ3) is 3.86. The van der Waals surface area contributed by atoms with Crippen LogP contribution in [-0.4, -0.2) is 41.7 Å². The van der Waals surface area contributed by atoms with Gasteiger partial charge in [0.1, 0.15) is 0 Å². The minimum Gasteiger partial charge on any atom is -0.335 e. The molecule has 2 heterocycles. The number of aromatic nitrogens is 2. The van der Waals surface area contributed by atoms with Crippen LogP contribution in [0.3, 0.4) is 0 Å². The molecule has 1 amide bonds. The minimum atomic E-state index is -3.66. The van der Waals surface area contributed by atoms with Gasteiger partial charge in [0.05, 0.1) is 29.2 Å². The summed E-state index contributed by atoms with van der Waals surface area (Å²) in [5.41, 5.74) is 1.53. The number of piperidine rings is 1. The number of sulfonamides is 1. The number of amides is 1. The number of carbonyl (C=O) groups excluding carboxylic acids is 1. The molecule has 2 aromatic rings. The molecule has 0 radical (unpaired) electrons. The predicted molar refractivity (Wildman–Crippen MR) is 94.9 cm³/mol. The highest BCUT2D eigenvalue weighted by Crippen LogP contribution is 2.26. The maximum Gasteiger partial charge on any atom is 0.260 e. The van der Waals surface area contributed by atoms with Crippen molar-refractivity contribution >= 4 is 33.2 Å². The third-order valence-corrected chi connectivity index (χ3v) is 6.33. The first-order valence-corrected chi connectivity index (χ1v) is 9.75. The van der Waals surface area contributed by atoms with Crippen molar-refractivity contribution in [3.63, 3.8) is 0 Å². The average Bonchev–Trinajstić information content (AvgIpc) is 3.13. The number of aromatic amines is 1.